The molecular formula is C17H17Cl2N3OS3. The molecule has 9 heteroatoms. The lowest BCUT2D eigenvalue weighted by Crippen LogP contribution is -2.29. The standard InChI is InChI=1S/C17H17Cl2N3OS3/c1-10(26-17(24)22-6-2-3-7-22)15(23)21-16-20-14(9-25-16)11-4-5-12(18)13(19)8-11/h4-5,8-10H,2-3,6-7H2,1H3,(H,20,21,23)/t10-/m0/s1. The number of carbonyl (C=O) groups is 1. The Bertz CT molecular complexity index is 821. The number of likely N-dealkylation sites (tertiary alicyclic amines) is 1. The molecule has 2 aromatic rings. The van der Waals surface area contributed by atoms with Gasteiger partial charge in [-0.15, -0.1) is 11.3 Å². The van der Waals surface area contributed by atoms with Crippen LogP contribution in [0.1, 0.15) is 19.8 Å². The van der Waals surface area contributed by atoms with Crippen LogP contribution < -0.4 is 5.32 Å². The number of rotatable bonds is 4. The van der Waals surface area contributed by atoms with Crippen LogP contribution in [0.3, 0.4) is 0 Å². The third-order valence-corrected chi connectivity index (χ3v) is 7.03. The number of anilines is 1. The van der Waals surface area contributed by atoms with Crippen molar-refractivity contribution in [3.8, 4) is 11.3 Å². The van der Waals surface area contributed by atoms with Gasteiger partial charge in [-0.25, -0.2) is 4.98 Å². The van der Waals surface area contributed by atoms with Gasteiger partial charge in [0, 0.05) is 24.0 Å². The zero-order chi connectivity index (χ0) is 18.7. The van der Waals surface area contributed by atoms with Crippen molar-refractivity contribution in [2.75, 3.05) is 18.4 Å². The molecule has 1 atom stereocenters. The first-order valence-corrected chi connectivity index (χ1v) is 11.0. The molecule has 1 saturated heterocycles. The van der Waals surface area contributed by atoms with E-state index in [2.05, 4.69) is 15.2 Å². The number of aromatic nitrogens is 1. The Morgan fingerprint density at radius 2 is 2.08 bits per heavy atom. The smallest absolute Gasteiger partial charge is 0.239 e. The van der Waals surface area contributed by atoms with E-state index in [1.54, 1.807) is 12.1 Å². The van der Waals surface area contributed by atoms with Gasteiger partial charge in [-0.3, -0.25) is 4.79 Å². The van der Waals surface area contributed by atoms with Crippen LogP contribution in [0.4, 0.5) is 5.13 Å². The molecule has 1 N–H and O–H groups in total. The largest absolute Gasteiger partial charge is 0.358 e. The minimum absolute atomic E-state index is 0.105. The quantitative estimate of drug-likeness (QED) is 0.624. The normalized spacial score (nSPS) is 15.1. The van der Waals surface area contributed by atoms with Crippen LogP contribution in [0.2, 0.25) is 10.0 Å². The Balaban J connectivity index is 1.60. The van der Waals surface area contributed by atoms with Crippen LogP contribution in [0.25, 0.3) is 11.3 Å². The van der Waals surface area contributed by atoms with E-state index < -0.39 is 0 Å². The van der Waals surface area contributed by atoms with E-state index in [0.717, 1.165) is 41.5 Å². The molecule has 1 aromatic carbocycles. The molecular weight excluding hydrogens is 429 g/mol. The maximum atomic E-state index is 12.4. The molecule has 3 rings (SSSR count). The molecule has 1 aliphatic rings. The molecule has 138 valence electrons. The number of nitrogens with one attached hydrogen (secondary N) is 1. The van der Waals surface area contributed by atoms with Crippen molar-refractivity contribution >= 4 is 73.9 Å². The van der Waals surface area contributed by atoms with Crippen molar-refractivity contribution in [3.05, 3.63) is 33.6 Å². The molecule has 0 aliphatic carbocycles. The molecule has 26 heavy (non-hydrogen) atoms. The van der Waals surface area contributed by atoms with Gasteiger partial charge in [0.1, 0.15) is 4.32 Å². The number of nitrogens with zero attached hydrogens (tertiary/aromatic N) is 2. The van der Waals surface area contributed by atoms with Gasteiger partial charge in [-0.2, -0.15) is 0 Å². The second-order valence-corrected chi connectivity index (χ2v) is 9.52. The summed E-state index contributed by atoms with van der Waals surface area (Å²) in [6, 6.07) is 5.34. The van der Waals surface area contributed by atoms with E-state index in [9.17, 15) is 4.79 Å². The van der Waals surface area contributed by atoms with Crippen molar-refractivity contribution in [2.24, 2.45) is 0 Å². The van der Waals surface area contributed by atoms with Gasteiger partial charge in [0.25, 0.3) is 0 Å². The fraction of sp³-hybridized carbons (Fsp3) is 0.353. The van der Waals surface area contributed by atoms with Gasteiger partial charge in [0.15, 0.2) is 5.13 Å². The number of hydrogen-bond acceptors (Lipinski definition) is 5. The maximum absolute atomic E-state index is 12.4. The summed E-state index contributed by atoms with van der Waals surface area (Å²) in [5.41, 5.74) is 1.60. The number of thiocarbonyl (C=S) groups is 1. The first kappa shape index (κ1) is 19.9. The number of benzene rings is 1. The van der Waals surface area contributed by atoms with Gasteiger partial charge < -0.3 is 10.2 Å². The lowest BCUT2D eigenvalue weighted by atomic mass is 10.2. The monoisotopic (exact) mass is 445 g/mol. The van der Waals surface area contributed by atoms with Gasteiger partial charge in [-0.1, -0.05) is 53.2 Å². The zero-order valence-electron chi connectivity index (χ0n) is 14.0. The van der Waals surface area contributed by atoms with Crippen LogP contribution in [-0.4, -0.2) is 38.5 Å². The summed E-state index contributed by atoms with van der Waals surface area (Å²) in [4.78, 5) is 19.1. The van der Waals surface area contributed by atoms with Gasteiger partial charge >= 0.3 is 0 Å². The highest BCUT2D eigenvalue weighted by Gasteiger charge is 2.22. The Morgan fingerprint density at radius 1 is 1.35 bits per heavy atom. The Labute approximate surface area is 176 Å². The predicted molar refractivity (Wildman–Crippen MR) is 117 cm³/mol. The molecule has 0 radical (unpaired) electrons. The van der Waals surface area contributed by atoms with E-state index in [4.69, 9.17) is 35.4 Å². The van der Waals surface area contributed by atoms with Crippen LogP contribution in [0.5, 0.6) is 0 Å². The Hall–Kier alpha value is -0.860. The van der Waals surface area contributed by atoms with Crippen LogP contribution >= 0.6 is 58.5 Å². The topological polar surface area (TPSA) is 45.2 Å². The van der Waals surface area contributed by atoms with Crippen molar-refractivity contribution < 1.29 is 4.79 Å². The number of amides is 1. The minimum atomic E-state index is -0.277. The lowest BCUT2D eigenvalue weighted by molar-refractivity contribution is -0.115. The van der Waals surface area contributed by atoms with E-state index in [0.29, 0.717) is 15.2 Å². The average Bonchev–Trinajstić information content (AvgIpc) is 3.29. The Morgan fingerprint density at radius 3 is 2.77 bits per heavy atom. The second-order valence-electron chi connectivity index (χ2n) is 5.88. The molecule has 1 aliphatic heterocycles. The van der Waals surface area contributed by atoms with Crippen molar-refractivity contribution in [1.82, 2.24) is 9.88 Å². The van der Waals surface area contributed by atoms with Gasteiger partial charge in [0.05, 0.1) is 21.0 Å². The van der Waals surface area contributed by atoms with E-state index in [-0.39, 0.29) is 11.2 Å². The number of halogens is 2. The number of carbonyl (C=O) groups excluding carboxylic acids is 1. The summed E-state index contributed by atoms with van der Waals surface area (Å²) in [5.74, 6) is -0.105. The molecule has 1 aromatic heterocycles. The first-order valence-electron chi connectivity index (χ1n) is 8.11. The Kier molecular flexibility index (Phi) is 6.80. The molecule has 4 nitrogen and oxygen atoms in total. The van der Waals surface area contributed by atoms with Crippen LogP contribution in [-0.2, 0) is 4.79 Å². The number of hydrogen-bond donors (Lipinski definition) is 1. The molecule has 1 amide bonds. The molecule has 1 fully saturated rings. The minimum Gasteiger partial charge on any atom is -0.358 e. The fourth-order valence-electron chi connectivity index (χ4n) is 2.51. The number of thiazole rings is 1. The molecule has 0 spiro atoms. The van der Waals surface area contributed by atoms with Crippen molar-refractivity contribution in [1.29, 1.82) is 0 Å². The molecule has 0 unspecified atom stereocenters. The van der Waals surface area contributed by atoms with Gasteiger partial charge in [-0.05, 0) is 31.9 Å². The summed E-state index contributed by atoms with van der Waals surface area (Å²) in [6.45, 7) is 3.83. The zero-order valence-corrected chi connectivity index (χ0v) is 18.0. The molecule has 0 bridgehead atoms. The highest BCUT2D eigenvalue weighted by molar-refractivity contribution is 8.23. The summed E-state index contributed by atoms with van der Waals surface area (Å²) in [6.07, 6.45) is 2.33. The van der Waals surface area contributed by atoms with E-state index in [1.807, 2.05) is 18.4 Å². The molecule has 2 heterocycles. The van der Waals surface area contributed by atoms with Crippen LogP contribution in [0, 0.1) is 0 Å². The first-order chi connectivity index (χ1) is 12.4. The lowest BCUT2D eigenvalue weighted by Gasteiger charge is -2.20. The third-order valence-electron chi connectivity index (χ3n) is 3.96. The third kappa shape index (κ3) is 4.89. The van der Waals surface area contributed by atoms with E-state index in [1.165, 1.54) is 23.1 Å². The summed E-state index contributed by atoms with van der Waals surface area (Å²) < 4.78 is 0.792. The second kappa shape index (κ2) is 8.89. The fourth-order valence-corrected chi connectivity index (χ4v) is 4.94. The highest BCUT2D eigenvalue weighted by atomic mass is 35.5. The number of thioether (sulfide) groups is 1. The SMILES string of the molecule is C[C@H](SC(=S)N1CCCC1)C(=O)Nc1nc(-c2ccc(Cl)c(Cl)c2)cs1. The summed E-state index contributed by atoms with van der Waals surface area (Å²) in [7, 11) is 0. The highest BCUT2D eigenvalue weighted by Crippen LogP contribution is 2.31. The maximum Gasteiger partial charge on any atom is 0.239 e. The van der Waals surface area contributed by atoms with Crippen molar-refractivity contribution in [3.63, 3.8) is 0 Å². The summed E-state index contributed by atoms with van der Waals surface area (Å²) in [5, 5.41) is 5.99. The predicted octanol–water partition coefficient (Wildman–Crippen LogP) is 5.56. The summed E-state index contributed by atoms with van der Waals surface area (Å²) >= 11 is 20.2. The van der Waals surface area contributed by atoms with Crippen molar-refractivity contribution in [2.45, 2.75) is 25.0 Å². The van der Waals surface area contributed by atoms with Crippen LogP contribution in [0.15, 0.2) is 23.6 Å². The van der Waals surface area contributed by atoms with E-state index >= 15 is 0 Å². The van der Waals surface area contributed by atoms with Gasteiger partial charge in [0.2, 0.25) is 5.91 Å². The average molecular weight is 446 g/mol. The molecule has 0 saturated carbocycles.